The average Bonchev–Trinajstić information content (AvgIpc) is 2.80. The molecule has 0 radical (unpaired) electrons. The smallest absolute Gasteiger partial charge is 0.213 e. The molecule has 0 aliphatic heterocycles. The number of ether oxygens (including phenoxy) is 3. The van der Waals surface area contributed by atoms with Crippen LogP contribution in [0.1, 0.15) is 43.2 Å². The number of nitrogens with one attached hydrogen (secondary N) is 2. The van der Waals surface area contributed by atoms with E-state index in [0.717, 1.165) is 24.0 Å². The zero-order valence-corrected chi connectivity index (χ0v) is 20.8. The van der Waals surface area contributed by atoms with Gasteiger partial charge in [-0.2, -0.15) is 0 Å². The maximum atomic E-state index is 5.99. The van der Waals surface area contributed by atoms with Crippen molar-refractivity contribution in [2.24, 2.45) is 4.99 Å². The SMILES string of the molecule is CN=C(NCc1ccc(OC2CCCCC2)nc1)NCc1ccc(OC)c(OC)c1.I. The van der Waals surface area contributed by atoms with Crippen molar-refractivity contribution in [1.29, 1.82) is 0 Å². The maximum Gasteiger partial charge on any atom is 0.213 e. The summed E-state index contributed by atoms with van der Waals surface area (Å²) in [5, 5.41) is 6.62. The first-order valence-electron chi connectivity index (χ1n) is 10.5. The topological polar surface area (TPSA) is 77.0 Å². The van der Waals surface area contributed by atoms with Crippen molar-refractivity contribution in [2.75, 3.05) is 21.3 Å². The lowest BCUT2D eigenvalue weighted by Crippen LogP contribution is -2.36. The second kappa shape index (κ2) is 13.2. The Bertz CT molecular complexity index is 824. The standard InChI is InChI=1S/C23H32N4O3.HI/c1-24-23(26-14-17-9-11-20(28-2)21(13-17)29-3)27-16-18-10-12-22(25-15-18)30-19-7-5-4-6-8-19;/h9-13,15,19H,4-8,14,16H2,1-3H3,(H2,24,26,27);1H. The molecule has 0 bridgehead atoms. The number of nitrogens with zero attached hydrogens (tertiary/aromatic N) is 2. The van der Waals surface area contributed by atoms with Gasteiger partial charge in [0.25, 0.3) is 0 Å². The van der Waals surface area contributed by atoms with Gasteiger partial charge in [0.1, 0.15) is 6.10 Å². The molecule has 1 heterocycles. The Morgan fingerprint density at radius 1 is 0.968 bits per heavy atom. The lowest BCUT2D eigenvalue weighted by molar-refractivity contribution is 0.148. The number of benzene rings is 1. The minimum Gasteiger partial charge on any atom is -0.493 e. The summed E-state index contributed by atoms with van der Waals surface area (Å²) in [6, 6.07) is 9.84. The molecule has 0 unspecified atom stereocenters. The van der Waals surface area contributed by atoms with E-state index in [1.165, 1.54) is 19.3 Å². The fraction of sp³-hybridized carbons (Fsp3) is 0.478. The number of guanidine groups is 1. The van der Waals surface area contributed by atoms with Crippen LogP contribution in [0.2, 0.25) is 0 Å². The molecule has 2 aromatic rings. The summed E-state index contributed by atoms with van der Waals surface area (Å²) in [6.45, 7) is 1.24. The molecule has 8 heteroatoms. The molecular formula is C23H33IN4O3. The first-order chi connectivity index (χ1) is 14.7. The Kier molecular flexibility index (Phi) is 10.7. The summed E-state index contributed by atoms with van der Waals surface area (Å²) in [4.78, 5) is 8.74. The molecule has 7 nitrogen and oxygen atoms in total. The maximum absolute atomic E-state index is 5.99. The van der Waals surface area contributed by atoms with Gasteiger partial charge in [-0.3, -0.25) is 4.99 Å². The molecule has 3 rings (SSSR count). The Hall–Kier alpha value is -2.23. The molecule has 0 saturated heterocycles. The van der Waals surface area contributed by atoms with E-state index in [4.69, 9.17) is 14.2 Å². The molecular weight excluding hydrogens is 507 g/mol. The fourth-order valence-corrected chi connectivity index (χ4v) is 3.52. The van der Waals surface area contributed by atoms with Gasteiger partial charge < -0.3 is 24.8 Å². The molecule has 1 aliphatic carbocycles. The van der Waals surface area contributed by atoms with Gasteiger partial charge in [0.05, 0.1) is 14.2 Å². The van der Waals surface area contributed by atoms with Crippen molar-refractivity contribution >= 4 is 29.9 Å². The third kappa shape index (κ3) is 7.75. The van der Waals surface area contributed by atoms with Gasteiger partial charge in [0.2, 0.25) is 5.88 Å². The first-order valence-corrected chi connectivity index (χ1v) is 10.5. The fourth-order valence-electron chi connectivity index (χ4n) is 3.52. The van der Waals surface area contributed by atoms with Gasteiger partial charge >= 0.3 is 0 Å². The Labute approximate surface area is 202 Å². The molecule has 1 aromatic carbocycles. The molecule has 1 aromatic heterocycles. The molecule has 0 atom stereocenters. The van der Waals surface area contributed by atoms with Gasteiger partial charge in [0.15, 0.2) is 17.5 Å². The molecule has 1 fully saturated rings. The lowest BCUT2D eigenvalue weighted by atomic mass is 9.98. The van der Waals surface area contributed by atoms with Crippen molar-refractivity contribution in [2.45, 2.75) is 51.3 Å². The first kappa shape index (κ1) is 25.0. The Morgan fingerprint density at radius 3 is 2.26 bits per heavy atom. The van der Waals surface area contributed by atoms with Crippen LogP contribution >= 0.6 is 24.0 Å². The summed E-state index contributed by atoms with van der Waals surface area (Å²) < 4.78 is 16.6. The highest BCUT2D eigenvalue weighted by Gasteiger charge is 2.15. The van der Waals surface area contributed by atoms with Gasteiger partial charge in [-0.05, 0) is 48.9 Å². The Morgan fingerprint density at radius 2 is 1.65 bits per heavy atom. The highest BCUT2D eigenvalue weighted by molar-refractivity contribution is 14.0. The number of halogens is 1. The van der Waals surface area contributed by atoms with Gasteiger partial charge in [0, 0.05) is 32.4 Å². The van der Waals surface area contributed by atoms with Crippen LogP contribution in [0.5, 0.6) is 17.4 Å². The highest BCUT2D eigenvalue weighted by atomic mass is 127. The van der Waals surface area contributed by atoms with Gasteiger partial charge in [-0.15, -0.1) is 24.0 Å². The highest BCUT2D eigenvalue weighted by Crippen LogP contribution is 2.27. The summed E-state index contributed by atoms with van der Waals surface area (Å²) in [5.41, 5.74) is 2.14. The quantitative estimate of drug-likeness (QED) is 0.296. The number of methoxy groups -OCH3 is 2. The van der Waals surface area contributed by atoms with Crippen LogP contribution in [0, 0.1) is 0 Å². The van der Waals surface area contributed by atoms with Crippen molar-refractivity contribution in [3.8, 4) is 17.4 Å². The van der Waals surface area contributed by atoms with Crippen LogP contribution in [0.25, 0.3) is 0 Å². The van der Waals surface area contributed by atoms with Crippen LogP contribution < -0.4 is 24.8 Å². The van der Waals surface area contributed by atoms with Crippen molar-refractivity contribution in [1.82, 2.24) is 15.6 Å². The number of hydrogen-bond acceptors (Lipinski definition) is 5. The summed E-state index contributed by atoms with van der Waals surface area (Å²) >= 11 is 0. The van der Waals surface area contributed by atoms with Crippen molar-refractivity contribution < 1.29 is 14.2 Å². The lowest BCUT2D eigenvalue weighted by Gasteiger charge is -2.22. The number of aliphatic imine (C=N–C) groups is 1. The summed E-state index contributed by atoms with van der Waals surface area (Å²) in [7, 11) is 5.02. The number of aromatic nitrogens is 1. The van der Waals surface area contributed by atoms with Crippen LogP contribution in [0.3, 0.4) is 0 Å². The zero-order valence-electron chi connectivity index (χ0n) is 18.5. The van der Waals surface area contributed by atoms with E-state index in [0.29, 0.717) is 42.5 Å². The number of hydrogen-bond donors (Lipinski definition) is 2. The van der Waals surface area contributed by atoms with E-state index < -0.39 is 0 Å². The predicted molar refractivity (Wildman–Crippen MR) is 134 cm³/mol. The second-order valence-corrected chi connectivity index (χ2v) is 7.35. The molecule has 2 N–H and O–H groups in total. The zero-order chi connectivity index (χ0) is 21.2. The third-order valence-corrected chi connectivity index (χ3v) is 5.23. The molecule has 1 aliphatic rings. The van der Waals surface area contributed by atoms with Crippen molar-refractivity contribution in [3.05, 3.63) is 47.7 Å². The largest absolute Gasteiger partial charge is 0.493 e. The van der Waals surface area contributed by atoms with E-state index >= 15 is 0 Å². The molecule has 31 heavy (non-hydrogen) atoms. The minimum absolute atomic E-state index is 0. The van der Waals surface area contributed by atoms with E-state index in [-0.39, 0.29) is 24.0 Å². The third-order valence-electron chi connectivity index (χ3n) is 5.23. The van der Waals surface area contributed by atoms with Crippen LogP contribution in [0.4, 0.5) is 0 Å². The molecule has 0 amide bonds. The van der Waals surface area contributed by atoms with E-state index in [9.17, 15) is 0 Å². The van der Waals surface area contributed by atoms with Crippen molar-refractivity contribution in [3.63, 3.8) is 0 Å². The summed E-state index contributed by atoms with van der Waals surface area (Å²) in [5.74, 6) is 2.85. The monoisotopic (exact) mass is 540 g/mol. The second-order valence-electron chi connectivity index (χ2n) is 7.35. The molecule has 0 spiro atoms. The van der Waals surface area contributed by atoms with E-state index in [2.05, 4.69) is 20.6 Å². The van der Waals surface area contributed by atoms with E-state index in [1.807, 2.05) is 36.5 Å². The van der Waals surface area contributed by atoms with Crippen LogP contribution in [-0.2, 0) is 13.1 Å². The van der Waals surface area contributed by atoms with Crippen LogP contribution in [0.15, 0.2) is 41.5 Å². The normalized spacial score (nSPS) is 14.4. The van der Waals surface area contributed by atoms with Crippen LogP contribution in [-0.4, -0.2) is 38.3 Å². The van der Waals surface area contributed by atoms with Gasteiger partial charge in [-0.1, -0.05) is 18.6 Å². The Balaban J connectivity index is 0.00000341. The predicted octanol–water partition coefficient (Wildman–Crippen LogP) is 4.29. The molecule has 170 valence electrons. The van der Waals surface area contributed by atoms with E-state index in [1.54, 1.807) is 21.3 Å². The van der Waals surface area contributed by atoms with Gasteiger partial charge in [-0.25, -0.2) is 4.98 Å². The minimum atomic E-state index is 0. The average molecular weight is 540 g/mol. The number of pyridine rings is 1. The molecule has 1 saturated carbocycles. The number of rotatable bonds is 8. The summed E-state index contributed by atoms with van der Waals surface area (Å²) in [6.07, 6.45) is 8.26.